The van der Waals surface area contributed by atoms with Gasteiger partial charge in [-0.1, -0.05) is 0 Å². The van der Waals surface area contributed by atoms with Gasteiger partial charge in [-0.25, -0.2) is 4.39 Å². The second-order valence-electron chi connectivity index (χ2n) is 8.66. The molecule has 2 aliphatic heterocycles. The van der Waals surface area contributed by atoms with Crippen LogP contribution in [0.4, 0.5) is 4.39 Å². The summed E-state index contributed by atoms with van der Waals surface area (Å²) in [5.74, 6) is -0.694. The third-order valence-electron chi connectivity index (χ3n) is 6.17. The molecule has 11 atom stereocenters. The molecule has 2 saturated heterocycles. The fraction of sp³-hybridized carbons (Fsp3) is 0.947. The second kappa shape index (κ2) is 11.4. The van der Waals surface area contributed by atoms with E-state index in [4.69, 9.17) is 36.1 Å². The number of carbonyl (C=O) groups excluding carboxylic acids is 1. The number of halogens is 1. The molecular formula is C19H35FN4O8. The zero-order valence-electron chi connectivity index (χ0n) is 17.8. The first-order valence-electron chi connectivity index (χ1n) is 10.9. The van der Waals surface area contributed by atoms with Gasteiger partial charge in [-0.05, 0) is 19.3 Å². The van der Waals surface area contributed by atoms with Crippen LogP contribution in [0.25, 0.3) is 0 Å². The molecule has 1 amide bonds. The van der Waals surface area contributed by atoms with Gasteiger partial charge in [0.25, 0.3) is 5.91 Å². The van der Waals surface area contributed by atoms with E-state index in [2.05, 4.69) is 5.32 Å². The van der Waals surface area contributed by atoms with Crippen LogP contribution in [0.5, 0.6) is 0 Å². The Hall–Kier alpha value is -1.00. The number of rotatable bonds is 8. The molecule has 0 radical (unpaired) electrons. The van der Waals surface area contributed by atoms with Crippen LogP contribution < -0.4 is 22.5 Å². The van der Waals surface area contributed by atoms with Gasteiger partial charge in [0, 0.05) is 25.0 Å². The Bertz CT molecular complexity index is 620. The minimum absolute atomic E-state index is 0.0385. The summed E-state index contributed by atoms with van der Waals surface area (Å²) in [6.45, 7) is -1.48. The molecule has 186 valence electrons. The van der Waals surface area contributed by atoms with E-state index >= 15 is 0 Å². The van der Waals surface area contributed by atoms with Crippen molar-refractivity contribution in [2.75, 3.05) is 19.8 Å². The molecular weight excluding hydrogens is 431 g/mol. The van der Waals surface area contributed by atoms with Gasteiger partial charge in [0.2, 0.25) is 0 Å². The molecule has 6 unspecified atom stereocenters. The Morgan fingerprint density at radius 1 is 1.06 bits per heavy atom. The molecule has 3 rings (SSSR count). The molecule has 12 nitrogen and oxygen atoms in total. The molecule has 3 fully saturated rings. The van der Waals surface area contributed by atoms with Crippen LogP contribution in [0.3, 0.4) is 0 Å². The third kappa shape index (κ3) is 6.11. The van der Waals surface area contributed by atoms with Gasteiger partial charge in [-0.15, -0.1) is 0 Å². The smallest absolute Gasteiger partial charge is 0.251 e. The average molecular weight is 467 g/mol. The fourth-order valence-corrected chi connectivity index (χ4v) is 4.53. The van der Waals surface area contributed by atoms with Gasteiger partial charge in [-0.2, -0.15) is 0 Å². The van der Waals surface area contributed by atoms with E-state index in [0.717, 1.165) is 0 Å². The Balaban J connectivity index is 1.56. The lowest BCUT2D eigenvalue weighted by atomic mass is 9.89. The lowest BCUT2D eigenvalue weighted by molar-refractivity contribution is -0.274. The van der Waals surface area contributed by atoms with Crippen LogP contribution in [-0.4, -0.2) is 108 Å². The van der Waals surface area contributed by atoms with Gasteiger partial charge >= 0.3 is 0 Å². The number of hydrogen-bond acceptors (Lipinski definition) is 11. The van der Waals surface area contributed by atoms with Crippen LogP contribution in [-0.2, 0) is 23.7 Å². The second-order valence-corrected chi connectivity index (χ2v) is 8.66. The standard InChI is InChI=1S/C19H35FN4O8/c20-5-14(26)24-9-1-8(22)2-10(3-9)29-15-4-11(13(7-25)30-15)31-19-16(23)18(28)17(27)12(6-21)32-19/h8-13,15-19,25,27-28H,1-7,21-23H2,(H,24,26)/t8?,9?,10?,11-,12-,13?,15?,16+,17+,18?,19-/m0/s1. The molecule has 0 aromatic rings. The lowest BCUT2D eigenvalue weighted by Crippen LogP contribution is -2.63. The van der Waals surface area contributed by atoms with Crippen LogP contribution in [0, 0.1) is 0 Å². The van der Waals surface area contributed by atoms with Crippen molar-refractivity contribution < 1.29 is 43.5 Å². The summed E-state index contributed by atoms with van der Waals surface area (Å²) in [7, 11) is 0. The van der Waals surface area contributed by atoms with E-state index in [1.807, 2.05) is 0 Å². The summed E-state index contributed by atoms with van der Waals surface area (Å²) in [5.41, 5.74) is 17.6. The van der Waals surface area contributed by atoms with Crippen molar-refractivity contribution in [2.24, 2.45) is 17.2 Å². The quantitative estimate of drug-likeness (QED) is 0.187. The molecule has 32 heavy (non-hydrogen) atoms. The number of alkyl halides is 1. The minimum atomic E-state index is -1.29. The van der Waals surface area contributed by atoms with Gasteiger partial charge in [-0.3, -0.25) is 4.79 Å². The molecule has 1 aliphatic carbocycles. The molecule has 0 bridgehead atoms. The van der Waals surface area contributed by atoms with E-state index < -0.39 is 61.7 Å². The van der Waals surface area contributed by atoms with E-state index in [1.54, 1.807) is 0 Å². The largest absolute Gasteiger partial charge is 0.394 e. The first kappa shape index (κ1) is 25.6. The van der Waals surface area contributed by atoms with Crippen molar-refractivity contribution in [3.63, 3.8) is 0 Å². The van der Waals surface area contributed by atoms with E-state index in [9.17, 15) is 24.5 Å². The highest BCUT2D eigenvalue weighted by Gasteiger charge is 2.46. The normalized spacial score (nSPS) is 45.0. The van der Waals surface area contributed by atoms with Gasteiger partial charge < -0.3 is 56.8 Å². The zero-order chi connectivity index (χ0) is 23.4. The van der Waals surface area contributed by atoms with Gasteiger partial charge in [0.15, 0.2) is 19.3 Å². The third-order valence-corrected chi connectivity index (χ3v) is 6.17. The van der Waals surface area contributed by atoms with Crippen LogP contribution in [0.15, 0.2) is 0 Å². The summed E-state index contributed by atoms with van der Waals surface area (Å²) < 4.78 is 35.8. The van der Waals surface area contributed by atoms with E-state index in [1.165, 1.54) is 0 Å². The minimum Gasteiger partial charge on any atom is -0.394 e. The van der Waals surface area contributed by atoms with Crippen molar-refractivity contribution in [3.05, 3.63) is 0 Å². The monoisotopic (exact) mass is 466 g/mol. The van der Waals surface area contributed by atoms with Crippen molar-refractivity contribution in [1.29, 1.82) is 0 Å². The highest BCUT2D eigenvalue weighted by atomic mass is 19.1. The number of hydrogen-bond donors (Lipinski definition) is 7. The van der Waals surface area contributed by atoms with Gasteiger partial charge in [0.1, 0.15) is 24.4 Å². The predicted molar refractivity (Wildman–Crippen MR) is 108 cm³/mol. The molecule has 0 aromatic heterocycles. The molecule has 3 aliphatic rings. The van der Waals surface area contributed by atoms with Crippen molar-refractivity contribution in [3.8, 4) is 0 Å². The molecule has 1 saturated carbocycles. The van der Waals surface area contributed by atoms with Crippen LogP contribution >= 0.6 is 0 Å². The molecule has 2 heterocycles. The number of carbonyl (C=O) groups is 1. The van der Waals surface area contributed by atoms with Crippen molar-refractivity contribution in [2.45, 2.75) is 93.0 Å². The Morgan fingerprint density at radius 3 is 2.47 bits per heavy atom. The fourth-order valence-electron chi connectivity index (χ4n) is 4.53. The number of nitrogens with one attached hydrogen (secondary N) is 1. The Morgan fingerprint density at radius 2 is 1.81 bits per heavy atom. The summed E-state index contributed by atoms with van der Waals surface area (Å²) in [6.07, 6.45) is -5.11. The van der Waals surface area contributed by atoms with Crippen molar-refractivity contribution >= 4 is 5.91 Å². The Labute approximate surface area is 185 Å². The van der Waals surface area contributed by atoms with E-state index in [-0.39, 0.29) is 37.8 Å². The zero-order valence-corrected chi connectivity index (χ0v) is 17.8. The first-order chi connectivity index (χ1) is 15.2. The first-order valence-corrected chi connectivity index (χ1v) is 10.9. The lowest BCUT2D eigenvalue weighted by Gasteiger charge is -2.41. The van der Waals surface area contributed by atoms with E-state index in [0.29, 0.717) is 19.3 Å². The highest BCUT2D eigenvalue weighted by Crippen LogP contribution is 2.31. The van der Waals surface area contributed by atoms with Crippen LogP contribution in [0.2, 0.25) is 0 Å². The Kier molecular flexibility index (Phi) is 9.14. The maximum absolute atomic E-state index is 12.5. The van der Waals surface area contributed by atoms with Crippen molar-refractivity contribution in [1.82, 2.24) is 5.32 Å². The number of nitrogens with two attached hydrogens (primary N) is 3. The summed E-state index contributed by atoms with van der Waals surface area (Å²) in [5, 5.41) is 32.4. The van der Waals surface area contributed by atoms with Gasteiger partial charge in [0.05, 0.1) is 24.9 Å². The summed E-state index contributed by atoms with van der Waals surface area (Å²) in [6, 6.07) is -1.55. The predicted octanol–water partition coefficient (Wildman–Crippen LogP) is -3.44. The number of amides is 1. The number of aliphatic hydroxyl groups is 3. The maximum Gasteiger partial charge on any atom is 0.251 e. The molecule has 0 spiro atoms. The summed E-state index contributed by atoms with van der Waals surface area (Å²) >= 11 is 0. The molecule has 13 heteroatoms. The number of ether oxygens (including phenoxy) is 4. The number of aliphatic hydroxyl groups excluding tert-OH is 3. The summed E-state index contributed by atoms with van der Waals surface area (Å²) in [4.78, 5) is 11.4. The topological polar surface area (TPSA) is 205 Å². The molecule has 0 aromatic carbocycles. The SMILES string of the molecule is NC[C@@H]1O[C@H](O[C@H]2CC(OC3CC(N)CC(NC(=O)CF)C3)OC2CO)[C@H](N)C(O)[C@@H]1O. The van der Waals surface area contributed by atoms with Crippen LogP contribution in [0.1, 0.15) is 25.7 Å². The maximum atomic E-state index is 12.5. The molecule has 10 N–H and O–H groups in total. The highest BCUT2D eigenvalue weighted by molar-refractivity contribution is 5.77. The average Bonchev–Trinajstić information content (AvgIpc) is 3.14.